The third-order valence-corrected chi connectivity index (χ3v) is 3.31. The maximum absolute atomic E-state index is 5.72. The molecule has 0 aliphatic heterocycles. The number of anilines is 1. The van der Waals surface area contributed by atoms with E-state index in [1.54, 1.807) is 11.3 Å². The summed E-state index contributed by atoms with van der Waals surface area (Å²) in [5, 5.41) is 1.12. The van der Waals surface area contributed by atoms with Crippen molar-refractivity contribution in [2.75, 3.05) is 5.73 Å². The van der Waals surface area contributed by atoms with Gasteiger partial charge in [-0.15, -0.1) is 11.3 Å². The maximum Gasteiger partial charge on any atom is 0.0896 e. The monoisotopic (exact) mass is 218 g/mol. The average molecular weight is 218 g/mol. The molecule has 0 saturated carbocycles. The maximum atomic E-state index is 5.72. The molecule has 3 heteroatoms. The highest BCUT2D eigenvalue weighted by atomic mass is 32.1. The van der Waals surface area contributed by atoms with E-state index in [9.17, 15) is 0 Å². The molecule has 0 aliphatic carbocycles. The Hall–Kier alpha value is -1.35. The summed E-state index contributed by atoms with van der Waals surface area (Å²) in [6.07, 6.45) is 2.91. The summed E-state index contributed by atoms with van der Waals surface area (Å²) in [4.78, 5) is 5.56. The van der Waals surface area contributed by atoms with E-state index in [0.29, 0.717) is 0 Å². The predicted molar refractivity (Wildman–Crippen MR) is 65.2 cm³/mol. The number of aromatic nitrogens is 1. The SMILES string of the molecule is Cc1ncc(Cc2ccc(N)cc2C)s1. The van der Waals surface area contributed by atoms with E-state index >= 15 is 0 Å². The smallest absolute Gasteiger partial charge is 0.0896 e. The van der Waals surface area contributed by atoms with Gasteiger partial charge in [0, 0.05) is 23.2 Å². The Balaban J connectivity index is 2.24. The minimum Gasteiger partial charge on any atom is -0.399 e. The molecule has 0 bridgehead atoms. The van der Waals surface area contributed by atoms with Gasteiger partial charge in [0.1, 0.15) is 0 Å². The van der Waals surface area contributed by atoms with Crippen LogP contribution in [0.1, 0.15) is 21.0 Å². The molecule has 0 fully saturated rings. The quantitative estimate of drug-likeness (QED) is 0.787. The molecule has 0 amide bonds. The number of nitrogens with zero attached hydrogens (tertiary/aromatic N) is 1. The fourth-order valence-electron chi connectivity index (χ4n) is 1.59. The molecule has 2 aromatic rings. The van der Waals surface area contributed by atoms with Crippen LogP contribution in [-0.4, -0.2) is 4.98 Å². The highest BCUT2D eigenvalue weighted by Crippen LogP contribution is 2.20. The third kappa shape index (κ3) is 2.36. The van der Waals surface area contributed by atoms with E-state index in [1.807, 2.05) is 25.3 Å². The van der Waals surface area contributed by atoms with Crippen LogP contribution in [0.2, 0.25) is 0 Å². The lowest BCUT2D eigenvalue weighted by Crippen LogP contribution is -1.92. The lowest BCUT2D eigenvalue weighted by molar-refractivity contribution is 1.17. The topological polar surface area (TPSA) is 38.9 Å². The van der Waals surface area contributed by atoms with Crippen molar-refractivity contribution in [2.24, 2.45) is 0 Å². The summed E-state index contributed by atoms with van der Waals surface area (Å²) >= 11 is 1.75. The Morgan fingerprint density at radius 1 is 1.33 bits per heavy atom. The van der Waals surface area contributed by atoms with Gasteiger partial charge in [-0.2, -0.15) is 0 Å². The Morgan fingerprint density at radius 3 is 2.73 bits per heavy atom. The van der Waals surface area contributed by atoms with Crippen LogP contribution < -0.4 is 5.73 Å². The second kappa shape index (κ2) is 4.03. The van der Waals surface area contributed by atoms with E-state index in [4.69, 9.17) is 5.73 Å². The van der Waals surface area contributed by atoms with Crippen LogP contribution in [-0.2, 0) is 6.42 Å². The van der Waals surface area contributed by atoms with Crippen molar-refractivity contribution in [3.05, 3.63) is 45.4 Å². The Morgan fingerprint density at radius 2 is 2.13 bits per heavy atom. The molecule has 2 rings (SSSR count). The van der Waals surface area contributed by atoms with E-state index in [0.717, 1.165) is 17.1 Å². The molecular weight excluding hydrogens is 204 g/mol. The van der Waals surface area contributed by atoms with Gasteiger partial charge in [-0.1, -0.05) is 6.07 Å². The lowest BCUT2D eigenvalue weighted by atomic mass is 10.0. The number of aryl methyl sites for hydroxylation is 2. The van der Waals surface area contributed by atoms with E-state index < -0.39 is 0 Å². The summed E-state index contributed by atoms with van der Waals surface area (Å²) in [6.45, 7) is 4.13. The Kier molecular flexibility index (Phi) is 2.73. The van der Waals surface area contributed by atoms with Crippen LogP contribution in [0.5, 0.6) is 0 Å². The molecule has 0 spiro atoms. The molecule has 2 N–H and O–H groups in total. The van der Waals surface area contributed by atoms with E-state index in [-0.39, 0.29) is 0 Å². The number of nitrogen functional groups attached to an aromatic ring is 1. The molecule has 0 unspecified atom stereocenters. The number of benzene rings is 1. The first-order chi connectivity index (χ1) is 7.15. The zero-order chi connectivity index (χ0) is 10.8. The summed E-state index contributed by atoms with van der Waals surface area (Å²) in [6, 6.07) is 6.07. The summed E-state index contributed by atoms with van der Waals surface area (Å²) in [7, 11) is 0. The number of hydrogen-bond acceptors (Lipinski definition) is 3. The van der Waals surface area contributed by atoms with Gasteiger partial charge in [0.05, 0.1) is 5.01 Å². The highest BCUT2D eigenvalue weighted by molar-refractivity contribution is 7.11. The Bertz CT molecular complexity index is 474. The Labute approximate surface area is 93.8 Å². The van der Waals surface area contributed by atoms with Gasteiger partial charge in [-0.3, -0.25) is 0 Å². The van der Waals surface area contributed by atoms with Crippen molar-refractivity contribution in [2.45, 2.75) is 20.3 Å². The summed E-state index contributed by atoms with van der Waals surface area (Å²) in [5.41, 5.74) is 9.12. The molecule has 0 aliphatic rings. The molecule has 0 saturated heterocycles. The standard InChI is InChI=1S/C12H14N2S/c1-8-5-11(13)4-3-10(8)6-12-7-14-9(2)15-12/h3-5,7H,6,13H2,1-2H3. The van der Waals surface area contributed by atoms with Crippen molar-refractivity contribution in [1.82, 2.24) is 4.98 Å². The molecule has 0 radical (unpaired) electrons. The second-order valence-electron chi connectivity index (χ2n) is 3.71. The highest BCUT2D eigenvalue weighted by Gasteiger charge is 2.03. The van der Waals surface area contributed by atoms with Crippen LogP contribution in [0.3, 0.4) is 0 Å². The average Bonchev–Trinajstić information content (AvgIpc) is 2.56. The third-order valence-electron chi connectivity index (χ3n) is 2.40. The largest absolute Gasteiger partial charge is 0.399 e. The lowest BCUT2D eigenvalue weighted by Gasteiger charge is -2.04. The molecule has 1 heterocycles. The van der Waals surface area contributed by atoms with Crippen molar-refractivity contribution >= 4 is 17.0 Å². The van der Waals surface area contributed by atoms with Gasteiger partial charge >= 0.3 is 0 Å². The summed E-state index contributed by atoms with van der Waals surface area (Å²) in [5.74, 6) is 0. The van der Waals surface area contributed by atoms with Crippen molar-refractivity contribution in [1.29, 1.82) is 0 Å². The van der Waals surface area contributed by atoms with Gasteiger partial charge in [0.2, 0.25) is 0 Å². The number of rotatable bonds is 2. The normalized spacial score (nSPS) is 10.5. The summed E-state index contributed by atoms with van der Waals surface area (Å²) < 4.78 is 0. The van der Waals surface area contributed by atoms with Crippen LogP contribution in [0.15, 0.2) is 24.4 Å². The molecule has 1 aromatic heterocycles. The fraction of sp³-hybridized carbons (Fsp3) is 0.250. The molecule has 2 nitrogen and oxygen atoms in total. The van der Waals surface area contributed by atoms with Crippen LogP contribution in [0.4, 0.5) is 5.69 Å². The zero-order valence-electron chi connectivity index (χ0n) is 8.95. The van der Waals surface area contributed by atoms with E-state index in [1.165, 1.54) is 16.0 Å². The van der Waals surface area contributed by atoms with Crippen LogP contribution in [0.25, 0.3) is 0 Å². The first-order valence-corrected chi connectivity index (χ1v) is 5.73. The first kappa shape index (κ1) is 10.2. The minimum absolute atomic E-state index is 0.830. The van der Waals surface area contributed by atoms with Crippen molar-refractivity contribution in [3.8, 4) is 0 Å². The van der Waals surface area contributed by atoms with Crippen LogP contribution in [0, 0.1) is 13.8 Å². The van der Waals surface area contributed by atoms with Crippen LogP contribution >= 0.6 is 11.3 Å². The van der Waals surface area contributed by atoms with E-state index in [2.05, 4.69) is 18.0 Å². The number of thiazole rings is 1. The number of nitrogens with two attached hydrogens (primary N) is 1. The predicted octanol–water partition coefficient (Wildman–Crippen LogP) is 2.93. The second-order valence-corrected chi connectivity index (χ2v) is 5.03. The fourth-order valence-corrected chi connectivity index (χ4v) is 2.41. The molecular formula is C12H14N2S. The van der Waals surface area contributed by atoms with Gasteiger partial charge < -0.3 is 5.73 Å². The van der Waals surface area contributed by atoms with Crippen molar-refractivity contribution < 1.29 is 0 Å². The number of hydrogen-bond donors (Lipinski definition) is 1. The molecule has 1 aromatic carbocycles. The van der Waals surface area contributed by atoms with Gasteiger partial charge in [0.15, 0.2) is 0 Å². The van der Waals surface area contributed by atoms with Gasteiger partial charge in [-0.25, -0.2) is 4.98 Å². The first-order valence-electron chi connectivity index (χ1n) is 4.91. The van der Waals surface area contributed by atoms with Gasteiger partial charge in [-0.05, 0) is 37.1 Å². The molecule has 0 atom stereocenters. The van der Waals surface area contributed by atoms with Gasteiger partial charge in [0.25, 0.3) is 0 Å². The minimum atomic E-state index is 0.830. The zero-order valence-corrected chi connectivity index (χ0v) is 9.77. The van der Waals surface area contributed by atoms with Crippen molar-refractivity contribution in [3.63, 3.8) is 0 Å². The molecule has 78 valence electrons. The molecule has 15 heavy (non-hydrogen) atoms.